The molecule has 2 aromatic carbocycles. The lowest BCUT2D eigenvalue weighted by Crippen LogP contribution is -2.14. The van der Waals surface area contributed by atoms with Crippen molar-refractivity contribution in [3.63, 3.8) is 0 Å². The van der Waals surface area contributed by atoms with Crippen LogP contribution in [0, 0.1) is 22.9 Å². The number of rotatable bonds is 3. The minimum Gasteiger partial charge on any atom is -0.322 e. The molecular formula is C14H10BrFN2O3. The highest BCUT2D eigenvalue weighted by Gasteiger charge is 2.21. The van der Waals surface area contributed by atoms with E-state index >= 15 is 0 Å². The smallest absolute Gasteiger partial charge is 0.282 e. The maximum absolute atomic E-state index is 13.2. The largest absolute Gasteiger partial charge is 0.322 e. The summed E-state index contributed by atoms with van der Waals surface area (Å²) in [7, 11) is 0. The number of amides is 1. The van der Waals surface area contributed by atoms with Gasteiger partial charge in [-0.05, 0) is 42.8 Å². The van der Waals surface area contributed by atoms with Gasteiger partial charge >= 0.3 is 0 Å². The summed E-state index contributed by atoms with van der Waals surface area (Å²) in [5.41, 5.74) is 0.601. The quantitative estimate of drug-likeness (QED) is 0.668. The van der Waals surface area contributed by atoms with Gasteiger partial charge in [0, 0.05) is 16.2 Å². The van der Waals surface area contributed by atoms with Crippen molar-refractivity contribution in [2.45, 2.75) is 6.92 Å². The van der Waals surface area contributed by atoms with Gasteiger partial charge in [-0.2, -0.15) is 0 Å². The van der Waals surface area contributed by atoms with Crippen molar-refractivity contribution < 1.29 is 14.1 Å². The molecule has 0 bridgehead atoms. The van der Waals surface area contributed by atoms with Gasteiger partial charge in [0.15, 0.2) is 0 Å². The Bertz CT molecular complexity index is 734. The second kappa shape index (κ2) is 6.01. The van der Waals surface area contributed by atoms with E-state index in [9.17, 15) is 19.3 Å². The normalized spacial score (nSPS) is 10.2. The molecule has 0 aliphatic rings. The Hall–Kier alpha value is -2.28. The molecule has 21 heavy (non-hydrogen) atoms. The predicted molar refractivity (Wildman–Crippen MR) is 79.9 cm³/mol. The van der Waals surface area contributed by atoms with Crippen LogP contribution in [0.25, 0.3) is 0 Å². The van der Waals surface area contributed by atoms with Crippen LogP contribution < -0.4 is 5.32 Å². The van der Waals surface area contributed by atoms with E-state index in [1.165, 1.54) is 0 Å². The molecule has 7 heteroatoms. The van der Waals surface area contributed by atoms with Crippen molar-refractivity contribution in [1.82, 2.24) is 0 Å². The number of halogens is 2. The number of anilines is 1. The fourth-order valence-electron chi connectivity index (χ4n) is 1.77. The average Bonchev–Trinajstić information content (AvgIpc) is 2.42. The monoisotopic (exact) mass is 352 g/mol. The van der Waals surface area contributed by atoms with Crippen LogP contribution in [0.3, 0.4) is 0 Å². The Labute approximate surface area is 128 Å². The second-order valence-electron chi connectivity index (χ2n) is 4.34. The Morgan fingerprint density at radius 3 is 2.62 bits per heavy atom. The van der Waals surface area contributed by atoms with E-state index < -0.39 is 22.3 Å². The van der Waals surface area contributed by atoms with Crippen LogP contribution in [0.5, 0.6) is 0 Å². The van der Waals surface area contributed by atoms with Gasteiger partial charge in [0.25, 0.3) is 11.6 Å². The average molecular weight is 353 g/mol. The number of nitro benzene ring substituents is 1. The number of nitro groups is 1. The van der Waals surface area contributed by atoms with Crippen LogP contribution in [0.4, 0.5) is 15.8 Å². The summed E-state index contributed by atoms with van der Waals surface area (Å²) in [5.74, 6) is -1.44. The lowest BCUT2D eigenvalue weighted by atomic mass is 10.1. The third-order valence-corrected chi connectivity index (χ3v) is 3.71. The Balaban J connectivity index is 2.34. The molecule has 0 aliphatic carbocycles. The van der Waals surface area contributed by atoms with Crippen LogP contribution in [0.15, 0.2) is 40.9 Å². The highest BCUT2D eigenvalue weighted by molar-refractivity contribution is 9.10. The zero-order chi connectivity index (χ0) is 15.6. The molecule has 0 atom stereocenters. The van der Waals surface area contributed by atoms with Gasteiger partial charge in [-0.25, -0.2) is 4.39 Å². The molecular weight excluding hydrogens is 343 g/mol. The SMILES string of the molecule is Cc1cc(NC(=O)c2cc(F)ccc2[N+](=O)[O-])ccc1Br. The van der Waals surface area contributed by atoms with Gasteiger partial charge in [0.1, 0.15) is 11.4 Å². The number of aryl methyl sites for hydroxylation is 1. The first-order chi connectivity index (χ1) is 9.88. The number of nitrogens with zero attached hydrogens (tertiary/aromatic N) is 1. The molecule has 2 aromatic rings. The van der Waals surface area contributed by atoms with E-state index in [0.29, 0.717) is 5.69 Å². The molecule has 0 aliphatic heterocycles. The fourth-order valence-corrected chi connectivity index (χ4v) is 2.02. The first-order valence-electron chi connectivity index (χ1n) is 5.90. The zero-order valence-corrected chi connectivity index (χ0v) is 12.5. The van der Waals surface area contributed by atoms with Gasteiger partial charge in [-0.1, -0.05) is 15.9 Å². The maximum Gasteiger partial charge on any atom is 0.282 e. The van der Waals surface area contributed by atoms with Crippen LogP contribution in [-0.4, -0.2) is 10.8 Å². The number of carbonyl (C=O) groups is 1. The molecule has 0 radical (unpaired) electrons. The van der Waals surface area contributed by atoms with E-state index in [2.05, 4.69) is 21.2 Å². The van der Waals surface area contributed by atoms with Gasteiger partial charge in [0.05, 0.1) is 4.92 Å². The van der Waals surface area contributed by atoms with Gasteiger partial charge in [-0.15, -0.1) is 0 Å². The number of benzene rings is 2. The summed E-state index contributed by atoms with van der Waals surface area (Å²) in [4.78, 5) is 22.3. The van der Waals surface area contributed by atoms with Crippen molar-refractivity contribution in [2.24, 2.45) is 0 Å². The number of carbonyl (C=O) groups excluding carboxylic acids is 1. The van der Waals surface area contributed by atoms with Crippen LogP contribution in [0.1, 0.15) is 15.9 Å². The van der Waals surface area contributed by atoms with Crippen molar-refractivity contribution in [1.29, 1.82) is 0 Å². The van der Waals surface area contributed by atoms with Crippen molar-refractivity contribution in [3.8, 4) is 0 Å². The molecule has 0 fully saturated rings. The summed E-state index contributed by atoms with van der Waals surface area (Å²) >= 11 is 3.33. The first kappa shape index (κ1) is 15.1. The summed E-state index contributed by atoms with van der Waals surface area (Å²) in [6.45, 7) is 1.84. The predicted octanol–water partition coefficient (Wildman–Crippen LogP) is 4.06. The Morgan fingerprint density at radius 2 is 2.00 bits per heavy atom. The standard InChI is InChI=1S/C14H10BrFN2O3/c1-8-6-10(3-4-12(8)15)17-14(19)11-7-9(16)2-5-13(11)18(20)21/h2-7H,1H3,(H,17,19). The highest BCUT2D eigenvalue weighted by Crippen LogP contribution is 2.23. The van der Waals surface area contributed by atoms with Crippen molar-refractivity contribution in [3.05, 3.63) is 67.9 Å². The van der Waals surface area contributed by atoms with E-state index in [4.69, 9.17) is 0 Å². The second-order valence-corrected chi connectivity index (χ2v) is 5.19. The zero-order valence-electron chi connectivity index (χ0n) is 10.9. The topological polar surface area (TPSA) is 72.2 Å². The molecule has 5 nitrogen and oxygen atoms in total. The van der Waals surface area contributed by atoms with Crippen LogP contribution in [0.2, 0.25) is 0 Å². The highest BCUT2D eigenvalue weighted by atomic mass is 79.9. The molecule has 0 saturated heterocycles. The lowest BCUT2D eigenvalue weighted by molar-refractivity contribution is -0.385. The third-order valence-electron chi connectivity index (χ3n) is 2.82. The summed E-state index contributed by atoms with van der Waals surface area (Å²) in [5, 5.41) is 13.4. The minimum atomic E-state index is -0.733. The molecule has 0 aromatic heterocycles. The van der Waals surface area contributed by atoms with Crippen molar-refractivity contribution >= 4 is 33.2 Å². The summed E-state index contributed by atoms with van der Waals surface area (Å²) in [6.07, 6.45) is 0. The Morgan fingerprint density at radius 1 is 1.29 bits per heavy atom. The van der Waals surface area contributed by atoms with E-state index in [0.717, 1.165) is 28.2 Å². The molecule has 0 saturated carbocycles. The molecule has 1 N–H and O–H groups in total. The number of hydrogen-bond acceptors (Lipinski definition) is 3. The molecule has 108 valence electrons. The number of nitrogens with one attached hydrogen (secondary N) is 1. The molecule has 1 amide bonds. The Kier molecular flexibility index (Phi) is 4.32. The summed E-state index contributed by atoms with van der Waals surface area (Å²) < 4.78 is 14.1. The molecule has 0 spiro atoms. The fraction of sp³-hybridized carbons (Fsp3) is 0.0714. The van der Waals surface area contributed by atoms with Crippen LogP contribution >= 0.6 is 15.9 Å². The van der Waals surface area contributed by atoms with E-state index in [1.807, 2.05) is 6.92 Å². The lowest BCUT2D eigenvalue weighted by Gasteiger charge is -2.07. The van der Waals surface area contributed by atoms with Crippen molar-refractivity contribution in [2.75, 3.05) is 5.32 Å². The molecule has 2 rings (SSSR count). The minimum absolute atomic E-state index is 0.319. The van der Waals surface area contributed by atoms with Gasteiger partial charge in [0.2, 0.25) is 0 Å². The van der Waals surface area contributed by atoms with Crippen LogP contribution in [-0.2, 0) is 0 Å². The number of hydrogen-bond donors (Lipinski definition) is 1. The van der Waals surface area contributed by atoms with Gasteiger partial charge in [-0.3, -0.25) is 14.9 Å². The van der Waals surface area contributed by atoms with E-state index in [1.54, 1.807) is 18.2 Å². The maximum atomic E-state index is 13.2. The molecule has 0 unspecified atom stereocenters. The van der Waals surface area contributed by atoms with E-state index in [-0.39, 0.29) is 5.56 Å². The molecule has 0 heterocycles. The third kappa shape index (κ3) is 3.43. The first-order valence-corrected chi connectivity index (χ1v) is 6.69. The summed E-state index contributed by atoms with van der Waals surface area (Å²) in [6, 6.07) is 7.84. The van der Waals surface area contributed by atoms with Gasteiger partial charge < -0.3 is 5.32 Å².